The molecule has 0 unspecified atom stereocenters. The Labute approximate surface area is 164 Å². The molecule has 0 aliphatic heterocycles. The lowest BCUT2D eigenvalue weighted by Crippen LogP contribution is -2.30. The second-order valence-electron chi connectivity index (χ2n) is 6.09. The van der Waals surface area contributed by atoms with Crippen molar-refractivity contribution >= 4 is 46.1 Å². The van der Waals surface area contributed by atoms with Gasteiger partial charge in [0.1, 0.15) is 5.69 Å². The first-order valence-electron chi connectivity index (χ1n) is 8.35. The van der Waals surface area contributed by atoms with E-state index in [-0.39, 0.29) is 17.3 Å². The van der Waals surface area contributed by atoms with Gasteiger partial charge in [0.2, 0.25) is 5.95 Å². The molecule has 8 nitrogen and oxygen atoms in total. The molecule has 0 spiro atoms. The molecule has 140 valence electrons. The van der Waals surface area contributed by atoms with Gasteiger partial charge in [-0.2, -0.15) is 0 Å². The molecule has 2 aromatic heterocycles. The van der Waals surface area contributed by atoms with Crippen LogP contribution in [-0.2, 0) is 0 Å². The number of benzene rings is 2. The third-order valence-corrected chi connectivity index (χ3v) is 4.77. The van der Waals surface area contributed by atoms with E-state index in [9.17, 15) is 9.59 Å². The van der Waals surface area contributed by atoms with Crippen LogP contribution in [0.4, 0.5) is 11.6 Å². The Balaban J connectivity index is 1.93. The lowest BCUT2D eigenvalue weighted by Gasteiger charge is -2.22. The van der Waals surface area contributed by atoms with Gasteiger partial charge in [0.25, 0.3) is 11.8 Å². The third kappa shape index (κ3) is 2.89. The molecule has 9 heteroatoms. The van der Waals surface area contributed by atoms with Crippen LogP contribution in [0.3, 0.4) is 0 Å². The molecule has 4 rings (SSSR count). The second kappa shape index (κ2) is 6.82. The molecule has 0 atom stereocenters. The summed E-state index contributed by atoms with van der Waals surface area (Å²) in [7, 11) is 0. The molecule has 0 bridgehead atoms. The molecule has 0 aliphatic rings. The molecule has 0 saturated heterocycles. The molecule has 2 aromatic carbocycles. The fourth-order valence-corrected chi connectivity index (χ4v) is 3.12. The van der Waals surface area contributed by atoms with Crippen LogP contribution in [0.2, 0.25) is 5.02 Å². The maximum absolute atomic E-state index is 13.4. The number of anilines is 2. The van der Waals surface area contributed by atoms with Gasteiger partial charge >= 0.3 is 0 Å². The summed E-state index contributed by atoms with van der Waals surface area (Å²) in [5, 5.41) is 0.489. The number of rotatable bonds is 4. The van der Waals surface area contributed by atoms with E-state index in [1.807, 2.05) is 24.3 Å². The summed E-state index contributed by atoms with van der Waals surface area (Å²) in [4.78, 5) is 40.7. The zero-order valence-electron chi connectivity index (χ0n) is 14.7. The van der Waals surface area contributed by atoms with Gasteiger partial charge < -0.3 is 15.7 Å². The summed E-state index contributed by atoms with van der Waals surface area (Å²) in [6.45, 7) is 1.79. The van der Waals surface area contributed by atoms with Crippen LogP contribution in [0.15, 0.2) is 48.8 Å². The molecule has 0 radical (unpaired) electrons. The lowest BCUT2D eigenvalue weighted by molar-refractivity contribution is 0.0961. The van der Waals surface area contributed by atoms with Crippen molar-refractivity contribution < 1.29 is 9.59 Å². The van der Waals surface area contributed by atoms with Gasteiger partial charge in [-0.05, 0) is 36.8 Å². The Morgan fingerprint density at radius 2 is 1.93 bits per heavy atom. The summed E-state index contributed by atoms with van der Waals surface area (Å²) in [5.41, 5.74) is 7.81. The zero-order chi connectivity index (χ0) is 19.8. The van der Waals surface area contributed by atoms with Crippen molar-refractivity contribution in [3.05, 3.63) is 70.8 Å². The van der Waals surface area contributed by atoms with Gasteiger partial charge in [-0.15, -0.1) is 0 Å². The number of nitrogens with one attached hydrogen (secondary N) is 2. The number of halogens is 1. The fourth-order valence-electron chi connectivity index (χ4n) is 2.95. The first-order valence-corrected chi connectivity index (χ1v) is 8.72. The first kappa shape index (κ1) is 17.7. The maximum Gasteiger partial charge on any atom is 0.286 e. The number of nitrogens with two attached hydrogens (primary N) is 1. The number of carbonyl (C=O) groups is 2. The predicted octanol–water partition coefficient (Wildman–Crippen LogP) is 3.33. The number of fused-ring (bicyclic) bond motifs is 1. The van der Waals surface area contributed by atoms with Crippen molar-refractivity contribution in [2.45, 2.75) is 6.92 Å². The van der Waals surface area contributed by atoms with E-state index in [1.54, 1.807) is 25.1 Å². The van der Waals surface area contributed by atoms with Crippen LogP contribution >= 0.6 is 11.6 Å². The van der Waals surface area contributed by atoms with Gasteiger partial charge in [-0.25, -0.2) is 14.9 Å². The van der Waals surface area contributed by atoms with Crippen molar-refractivity contribution in [2.75, 3.05) is 4.90 Å². The molecule has 0 saturated carbocycles. The Bertz CT molecular complexity index is 1180. The second-order valence-corrected chi connectivity index (χ2v) is 6.50. The number of hydrogen-bond acceptors (Lipinski definition) is 4. The standard InChI is InChI=1S/C19H15ClN6O2/c1-10-11(20)5-4-8-14(10)26(18(28)16-15(17(21)27)22-9-23-16)19-24-12-6-2-3-7-13(12)25-19/h2-9H,1H3,(H2,21,27)(H,22,23)(H,24,25). The number of para-hydroxylation sites is 2. The summed E-state index contributed by atoms with van der Waals surface area (Å²) < 4.78 is 0. The smallest absolute Gasteiger partial charge is 0.286 e. The quantitative estimate of drug-likeness (QED) is 0.491. The van der Waals surface area contributed by atoms with E-state index < -0.39 is 11.8 Å². The minimum absolute atomic E-state index is 0.0780. The van der Waals surface area contributed by atoms with E-state index in [0.717, 1.165) is 5.52 Å². The monoisotopic (exact) mass is 394 g/mol. The van der Waals surface area contributed by atoms with Gasteiger partial charge in [-0.1, -0.05) is 29.8 Å². The number of H-pyrrole nitrogens is 2. The number of aromatic amines is 2. The largest absolute Gasteiger partial charge is 0.364 e. The molecule has 2 amide bonds. The fraction of sp³-hybridized carbons (Fsp3) is 0.0526. The van der Waals surface area contributed by atoms with E-state index in [0.29, 0.717) is 21.8 Å². The number of hydrogen-bond donors (Lipinski definition) is 3. The molecular weight excluding hydrogens is 380 g/mol. The molecular formula is C19H15ClN6O2. The average molecular weight is 395 g/mol. The van der Waals surface area contributed by atoms with Crippen molar-refractivity contribution in [1.29, 1.82) is 0 Å². The lowest BCUT2D eigenvalue weighted by atomic mass is 10.1. The van der Waals surface area contributed by atoms with Crippen molar-refractivity contribution in [2.24, 2.45) is 5.73 Å². The van der Waals surface area contributed by atoms with E-state index in [4.69, 9.17) is 17.3 Å². The number of aromatic nitrogens is 4. The summed E-state index contributed by atoms with van der Waals surface area (Å²) in [6.07, 6.45) is 1.25. The zero-order valence-corrected chi connectivity index (χ0v) is 15.5. The number of imidazole rings is 2. The summed E-state index contributed by atoms with van der Waals surface area (Å²) in [6, 6.07) is 12.6. The van der Waals surface area contributed by atoms with E-state index in [2.05, 4.69) is 19.9 Å². The summed E-state index contributed by atoms with van der Waals surface area (Å²) in [5.74, 6) is -1.08. The molecule has 0 aliphatic carbocycles. The average Bonchev–Trinajstić information content (AvgIpc) is 3.32. The number of primary amides is 1. The van der Waals surface area contributed by atoms with E-state index >= 15 is 0 Å². The number of nitrogens with zero attached hydrogens (tertiary/aromatic N) is 3. The predicted molar refractivity (Wildman–Crippen MR) is 106 cm³/mol. The van der Waals surface area contributed by atoms with Gasteiger partial charge in [0.15, 0.2) is 5.69 Å². The Morgan fingerprint density at radius 3 is 2.68 bits per heavy atom. The van der Waals surface area contributed by atoms with Crippen LogP contribution in [-0.4, -0.2) is 31.8 Å². The third-order valence-electron chi connectivity index (χ3n) is 4.36. The number of amides is 2. The molecule has 28 heavy (non-hydrogen) atoms. The van der Waals surface area contributed by atoms with Gasteiger partial charge in [0, 0.05) is 5.02 Å². The first-order chi connectivity index (χ1) is 13.5. The van der Waals surface area contributed by atoms with Crippen LogP contribution in [0.25, 0.3) is 11.0 Å². The summed E-state index contributed by atoms with van der Waals surface area (Å²) >= 11 is 6.27. The highest BCUT2D eigenvalue weighted by Gasteiger charge is 2.29. The topological polar surface area (TPSA) is 121 Å². The molecule has 4 N–H and O–H groups in total. The highest BCUT2D eigenvalue weighted by atomic mass is 35.5. The van der Waals surface area contributed by atoms with Crippen LogP contribution in [0.5, 0.6) is 0 Å². The normalized spacial score (nSPS) is 10.9. The van der Waals surface area contributed by atoms with Crippen LogP contribution < -0.4 is 10.6 Å². The number of carbonyl (C=O) groups excluding carboxylic acids is 2. The van der Waals surface area contributed by atoms with Gasteiger partial charge in [-0.3, -0.25) is 9.59 Å². The van der Waals surface area contributed by atoms with Crippen molar-refractivity contribution in [1.82, 2.24) is 19.9 Å². The maximum atomic E-state index is 13.4. The van der Waals surface area contributed by atoms with Crippen LogP contribution in [0, 0.1) is 6.92 Å². The van der Waals surface area contributed by atoms with Gasteiger partial charge in [0.05, 0.1) is 23.0 Å². The molecule has 0 fully saturated rings. The molecule has 2 heterocycles. The molecule has 4 aromatic rings. The van der Waals surface area contributed by atoms with Crippen LogP contribution in [0.1, 0.15) is 26.5 Å². The Morgan fingerprint density at radius 1 is 1.14 bits per heavy atom. The minimum atomic E-state index is -0.784. The highest BCUT2D eigenvalue weighted by molar-refractivity contribution is 6.32. The SMILES string of the molecule is Cc1c(Cl)cccc1N(C(=O)c1nc[nH]c1C(N)=O)c1nc2ccccc2[nH]1. The van der Waals surface area contributed by atoms with Crippen molar-refractivity contribution in [3.8, 4) is 0 Å². The Kier molecular flexibility index (Phi) is 4.32. The Hall–Kier alpha value is -3.65. The minimum Gasteiger partial charge on any atom is -0.364 e. The highest BCUT2D eigenvalue weighted by Crippen LogP contribution is 2.33. The van der Waals surface area contributed by atoms with E-state index in [1.165, 1.54) is 11.2 Å². The van der Waals surface area contributed by atoms with Crippen molar-refractivity contribution in [3.63, 3.8) is 0 Å².